The molecule has 0 saturated heterocycles. The first-order valence-electron chi connectivity index (χ1n) is 5.92. The number of rotatable bonds is 1. The average molecular weight is 306 g/mol. The lowest BCUT2D eigenvalue weighted by molar-refractivity contribution is 0.0979. The largest absolute Gasteiger partial charge is 0.385 e. The summed E-state index contributed by atoms with van der Waals surface area (Å²) in [5, 5.41) is 5.12. The molecule has 0 radical (unpaired) electrons. The minimum Gasteiger partial charge on any atom is -0.385 e. The van der Waals surface area contributed by atoms with E-state index in [1.54, 1.807) is 31.3 Å². The number of ketones is 2. The summed E-state index contributed by atoms with van der Waals surface area (Å²) in [6, 6.07) is 6.73. The van der Waals surface area contributed by atoms with Gasteiger partial charge in [-0.25, -0.2) is 0 Å². The van der Waals surface area contributed by atoms with Gasteiger partial charge in [-0.2, -0.15) is 0 Å². The smallest absolute Gasteiger partial charge is 0.209 e. The molecule has 0 saturated carbocycles. The number of likely N-dealkylation sites (N-methyl/N-ethyl adjacent to an activating group) is 1. The normalized spacial score (nSPS) is 14.2. The van der Waals surface area contributed by atoms with Gasteiger partial charge in [0.05, 0.1) is 15.7 Å². The monoisotopic (exact) mass is 305 g/mol. The van der Waals surface area contributed by atoms with Gasteiger partial charge >= 0.3 is 0 Å². The molecule has 0 aliphatic heterocycles. The minimum atomic E-state index is -0.199. The summed E-state index contributed by atoms with van der Waals surface area (Å²) in [6.07, 6.45) is 1.31. The molecule has 0 aromatic heterocycles. The lowest BCUT2D eigenvalue weighted by atomic mass is 9.90. The van der Waals surface area contributed by atoms with Crippen LogP contribution in [-0.2, 0) is 0 Å². The van der Waals surface area contributed by atoms with Gasteiger partial charge in [0.1, 0.15) is 0 Å². The number of carbonyl (C=O) groups excluding carboxylic acids is 2. The zero-order chi connectivity index (χ0) is 14.4. The number of benzene rings is 2. The Kier molecular flexibility index (Phi) is 3.04. The molecule has 20 heavy (non-hydrogen) atoms. The fourth-order valence-electron chi connectivity index (χ4n) is 2.29. The van der Waals surface area contributed by atoms with Crippen LogP contribution in [0, 0.1) is 0 Å². The Labute approximate surface area is 125 Å². The highest BCUT2D eigenvalue weighted by atomic mass is 35.5. The predicted octanol–water partition coefficient (Wildman–Crippen LogP) is 3.63. The van der Waals surface area contributed by atoms with Crippen LogP contribution in [0.25, 0.3) is 10.8 Å². The fourth-order valence-corrected chi connectivity index (χ4v) is 2.64. The molecule has 2 aromatic rings. The third-order valence-corrected chi connectivity index (χ3v) is 4.04. The molecule has 2 aromatic carbocycles. The van der Waals surface area contributed by atoms with Crippen LogP contribution in [0.4, 0.5) is 0 Å². The van der Waals surface area contributed by atoms with E-state index in [1.807, 2.05) is 0 Å². The molecule has 0 unspecified atom stereocenters. The maximum atomic E-state index is 12.2. The molecule has 1 aliphatic carbocycles. The highest BCUT2D eigenvalue weighted by Gasteiger charge is 2.25. The number of hydrogen-bond donors (Lipinski definition) is 1. The maximum absolute atomic E-state index is 12.2. The molecular weight excluding hydrogens is 297 g/mol. The Balaban J connectivity index is 2.31. The molecule has 1 N–H and O–H groups in total. The SMILES string of the molecule is CNC1=CC(=O)c2cc3cc(Cl)c(Cl)cc3cc2C1=O. The van der Waals surface area contributed by atoms with Gasteiger partial charge in [0.25, 0.3) is 0 Å². The van der Waals surface area contributed by atoms with Crippen molar-refractivity contribution in [1.82, 2.24) is 5.32 Å². The lowest BCUT2D eigenvalue weighted by Gasteiger charge is -2.16. The highest BCUT2D eigenvalue weighted by molar-refractivity contribution is 6.43. The zero-order valence-electron chi connectivity index (χ0n) is 10.5. The van der Waals surface area contributed by atoms with Gasteiger partial charge in [0.15, 0.2) is 5.78 Å². The Morgan fingerprint density at radius 3 is 2.00 bits per heavy atom. The maximum Gasteiger partial charge on any atom is 0.209 e. The van der Waals surface area contributed by atoms with Gasteiger partial charge < -0.3 is 5.32 Å². The van der Waals surface area contributed by atoms with Gasteiger partial charge in [-0.3, -0.25) is 9.59 Å². The number of allylic oxidation sites excluding steroid dienone is 2. The second-order valence-corrected chi connectivity index (χ2v) is 5.33. The topological polar surface area (TPSA) is 46.2 Å². The summed E-state index contributed by atoms with van der Waals surface area (Å²) in [7, 11) is 1.61. The van der Waals surface area contributed by atoms with Crippen LogP contribution < -0.4 is 5.32 Å². The van der Waals surface area contributed by atoms with Gasteiger partial charge in [-0.1, -0.05) is 23.2 Å². The third kappa shape index (κ3) is 1.90. The summed E-state index contributed by atoms with van der Waals surface area (Å²) in [5.74, 6) is -0.396. The number of carbonyl (C=O) groups is 2. The van der Waals surface area contributed by atoms with Crippen molar-refractivity contribution in [3.8, 4) is 0 Å². The summed E-state index contributed by atoms with van der Waals surface area (Å²) < 4.78 is 0. The highest BCUT2D eigenvalue weighted by Crippen LogP contribution is 2.31. The van der Waals surface area contributed by atoms with E-state index in [-0.39, 0.29) is 11.6 Å². The van der Waals surface area contributed by atoms with Crippen LogP contribution in [0.3, 0.4) is 0 Å². The average Bonchev–Trinajstić information content (AvgIpc) is 2.43. The Morgan fingerprint density at radius 2 is 1.45 bits per heavy atom. The van der Waals surface area contributed by atoms with Crippen LogP contribution in [0.5, 0.6) is 0 Å². The van der Waals surface area contributed by atoms with E-state index < -0.39 is 0 Å². The van der Waals surface area contributed by atoms with Crippen molar-refractivity contribution < 1.29 is 9.59 Å². The number of fused-ring (bicyclic) bond motifs is 2. The first-order chi connectivity index (χ1) is 9.51. The van der Waals surface area contributed by atoms with Gasteiger partial charge in [0, 0.05) is 24.3 Å². The summed E-state index contributed by atoms with van der Waals surface area (Å²) >= 11 is 12.0. The quantitative estimate of drug-likeness (QED) is 0.875. The van der Waals surface area contributed by atoms with Crippen molar-refractivity contribution in [2.75, 3.05) is 7.05 Å². The third-order valence-electron chi connectivity index (χ3n) is 3.32. The van der Waals surface area contributed by atoms with Crippen LogP contribution in [0.1, 0.15) is 20.7 Å². The van der Waals surface area contributed by atoms with Crippen LogP contribution in [-0.4, -0.2) is 18.6 Å². The molecule has 0 bridgehead atoms. The lowest BCUT2D eigenvalue weighted by Crippen LogP contribution is -2.24. The number of nitrogens with one attached hydrogen (secondary N) is 1. The summed E-state index contributed by atoms with van der Waals surface area (Å²) in [5.41, 5.74) is 1.06. The van der Waals surface area contributed by atoms with Crippen LogP contribution in [0.15, 0.2) is 36.0 Å². The molecule has 1 aliphatic rings. The van der Waals surface area contributed by atoms with Gasteiger partial charge in [0.2, 0.25) is 5.78 Å². The Hall–Kier alpha value is -1.84. The van der Waals surface area contributed by atoms with E-state index in [0.717, 1.165) is 10.8 Å². The van der Waals surface area contributed by atoms with Crippen molar-refractivity contribution in [2.24, 2.45) is 0 Å². The van der Waals surface area contributed by atoms with Gasteiger partial charge in [-0.15, -0.1) is 0 Å². The number of hydrogen-bond acceptors (Lipinski definition) is 3. The minimum absolute atomic E-state index is 0.197. The van der Waals surface area contributed by atoms with Crippen molar-refractivity contribution in [1.29, 1.82) is 0 Å². The van der Waals surface area contributed by atoms with Crippen molar-refractivity contribution >= 4 is 45.5 Å². The van der Waals surface area contributed by atoms with Crippen LogP contribution >= 0.6 is 23.2 Å². The van der Waals surface area contributed by atoms with E-state index in [9.17, 15) is 9.59 Å². The second kappa shape index (κ2) is 4.62. The van der Waals surface area contributed by atoms with E-state index in [0.29, 0.717) is 26.9 Å². The Morgan fingerprint density at radius 1 is 0.900 bits per heavy atom. The molecule has 0 heterocycles. The molecular formula is C15H9Cl2NO2. The molecule has 5 heteroatoms. The second-order valence-electron chi connectivity index (χ2n) is 4.51. The number of Topliss-reactive ketones (excluding diaryl/α,β-unsaturated/α-hetero) is 1. The summed E-state index contributed by atoms with van der Waals surface area (Å²) in [4.78, 5) is 24.3. The Bertz CT molecular complexity index is 809. The van der Waals surface area contributed by atoms with E-state index >= 15 is 0 Å². The van der Waals surface area contributed by atoms with Gasteiger partial charge in [-0.05, 0) is 35.0 Å². The standard InChI is InChI=1S/C15H9Cl2NO2/c1-18-13-6-14(19)9-2-7-4-11(16)12(17)5-8(7)3-10(9)15(13)20/h2-6,18H,1H3. The number of halogens is 2. The molecule has 0 amide bonds. The first-order valence-corrected chi connectivity index (χ1v) is 6.68. The fraction of sp³-hybridized carbons (Fsp3) is 0.0667. The predicted molar refractivity (Wildman–Crippen MR) is 79.8 cm³/mol. The van der Waals surface area contributed by atoms with E-state index in [4.69, 9.17) is 23.2 Å². The molecule has 3 nitrogen and oxygen atoms in total. The van der Waals surface area contributed by atoms with Crippen LogP contribution in [0.2, 0.25) is 10.0 Å². The van der Waals surface area contributed by atoms with E-state index in [1.165, 1.54) is 6.08 Å². The zero-order valence-corrected chi connectivity index (χ0v) is 12.0. The molecule has 3 rings (SSSR count). The van der Waals surface area contributed by atoms with Crippen molar-refractivity contribution in [3.63, 3.8) is 0 Å². The molecule has 0 spiro atoms. The van der Waals surface area contributed by atoms with E-state index in [2.05, 4.69) is 5.32 Å². The molecule has 0 fully saturated rings. The van der Waals surface area contributed by atoms with Crippen molar-refractivity contribution in [3.05, 3.63) is 57.2 Å². The molecule has 100 valence electrons. The molecule has 0 atom stereocenters. The van der Waals surface area contributed by atoms with Crippen molar-refractivity contribution in [2.45, 2.75) is 0 Å². The summed E-state index contributed by atoms with van der Waals surface area (Å²) in [6.45, 7) is 0. The first kappa shape index (κ1) is 13.2.